The molecule has 2 heterocycles. The number of carbonyl (C=O) groups excluding carboxylic acids is 1. The van der Waals surface area contributed by atoms with Crippen molar-refractivity contribution in [1.82, 2.24) is 14.5 Å². The predicted octanol–water partition coefficient (Wildman–Crippen LogP) is 3.46. The lowest BCUT2D eigenvalue weighted by molar-refractivity contribution is -0.120. The highest BCUT2D eigenvalue weighted by Gasteiger charge is 2.15. The molecule has 1 amide bonds. The van der Waals surface area contributed by atoms with Gasteiger partial charge in [-0.05, 0) is 50.1 Å². The maximum Gasteiger partial charge on any atom is 0.267 e. The lowest BCUT2D eigenvalue weighted by Gasteiger charge is -2.15. The summed E-state index contributed by atoms with van der Waals surface area (Å²) in [6.07, 6.45) is 3.21. The Labute approximate surface area is 151 Å². The standard InChI is InChI=1S/C20H22N4O2/c1-4-14(5-2)19(25)23-15-8-6-9-16(12-15)24-13(3)22-18-17(20(24)26)10-7-11-21-18/h6-12,14H,4-5H2,1-3H3,(H,23,25). The zero-order valence-corrected chi connectivity index (χ0v) is 15.2. The summed E-state index contributed by atoms with van der Waals surface area (Å²) in [7, 11) is 0. The Bertz CT molecular complexity index is 1010. The normalized spacial score (nSPS) is 11.1. The first-order valence-corrected chi connectivity index (χ1v) is 8.80. The van der Waals surface area contributed by atoms with Gasteiger partial charge in [-0.3, -0.25) is 14.2 Å². The number of benzene rings is 1. The van der Waals surface area contributed by atoms with Crippen LogP contribution in [0, 0.1) is 12.8 Å². The van der Waals surface area contributed by atoms with Crippen molar-refractivity contribution in [3.8, 4) is 5.69 Å². The van der Waals surface area contributed by atoms with Crippen molar-refractivity contribution < 1.29 is 4.79 Å². The first-order chi connectivity index (χ1) is 12.5. The van der Waals surface area contributed by atoms with Gasteiger partial charge in [0.1, 0.15) is 5.82 Å². The predicted molar refractivity (Wildman–Crippen MR) is 103 cm³/mol. The Morgan fingerprint density at radius 3 is 2.69 bits per heavy atom. The lowest BCUT2D eigenvalue weighted by Crippen LogP contribution is -2.24. The summed E-state index contributed by atoms with van der Waals surface area (Å²) in [6, 6.07) is 10.7. The molecule has 0 atom stereocenters. The van der Waals surface area contributed by atoms with E-state index in [1.54, 1.807) is 31.3 Å². The molecule has 0 aliphatic rings. The molecule has 0 aliphatic heterocycles. The van der Waals surface area contributed by atoms with E-state index in [-0.39, 0.29) is 17.4 Å². The Hall–Kier alpha value is -3.02. The second-order valence-electron chi connectivity index (χ2n) is 6.23. The van der Waals surface area contributed by atoms with Gasteiger partial charge in [-0.2, -0.15) is 0 Å². The maximum atomic E-state index is 12.9. The number of aryl methyl sites for hydroxylation is 1. The van der Waals surface area contributed by atoms with Crippen molar-refractivity contribution in [2.45, 2.75) is 33.6 Å². The average molecular weight is 350 g/mol. The topological polar surface area (TPSA) is 76.9 Å². The minimum atomic E-state index is -0.177. The Morgan fingerprint density at radius 2 is 1.96 bits per heavy atom. The van der Waals surface area contributed by atoms with Crippen LogP contribution in [-0.2, 0) is 4.79 Å². The Morgan fingerprint density at radius 1 is 1.19 bits per heavy atom. The molecule has 0 radical (unpaired) electrons. The fourth-order valence-electron chi connectivity index (χ4n) is 3.05. The molecule has 26 heavy (non-hydrogen) atoms. The highest BCUT2D eigenvalue weighted by Crippen LogP contribution is 2.18. The second kappa shape index (κ2) is 7.47. The third kappa shape index (κ3) is 3.35. The van der Waals surface area contributed by atoms with Crippen molar-refractivity contribution in [2.24, 2.45) is 5.92 Å². The third-order valence-electron chi connectivity index (χ3n) is 4.54. The number of hydrogen-bond acceptors (Lipinski definition) is 4. The summed E-state index contributed by atoms with van der Waals surface area (Å²) in [5, 5.41) is 3.41. The SMILES string of the molecule is CCC(CC)C(=O)Nc1cccc(-n2c(C)nc3ncccc3c2=O)c1. The number of fused-ring (bicyclic) bond motifs is 1. The summed E-state index contributed by atoms with van der Waals surface area (Å²) < 4.78 is 1.54. The molecular formula is C20H22N4O2. The molecule has 1 N–H and O–H groups in total. The van der Waals surface area contributed by atoms with Gasteiger partial charge in [0, 0.05) is 17.8 Å². The van der Waals surface area contributed by atoms with E-state index in [0.717, 1.165) is 12.8 Å². The number of amides is 1. The summed E-state index contributed by atoms with van der Waals surface area (Å²) >= 11 is 0. The Balaban J connectivity index is 2.02. The van der Waals surface area contributed by atoms with E-state index in [2.05, 4.69) is 15.3 Å². The van der Waals surface area contributed by atoms with Crippen molar-refractivity contribution >= 4 is 22.6 Å². The molecule has 0 unspecified atom stereocenters. The molecule has 3 rings (SSSR count). The molecule has 6 heteroatoms. The van der Waals surface area contributed by atoms with Gasteiger partial charge >= 0.3 is 0 Å². The van der Waals surface area contributed by atoms with Crippen molar-refractivity contribution in [3.05, 3.63) is 58.8 Å². The highest BCUT2D eigenvalue weighted by molar-refractivity contribution is 5.92. The molecule has 2 aromatic heterocycles. The number of nitrogens with one attached hydrogen (secondary N) is 1. The van der Waals surface area contributed by atoms with Gasteiger partial charge in [0.05, 0.1) is 11.1 Å². The van der Waals surface area contributed by atoms with Crippen LogP contribution in [0.3, 0.4) is 0 Å². The quantitative estimate of drug-likeness (QED) is 0.764. The molecular weight excluding hydrogens is 328 g/mol. The van der Waals surface area contributed by atoms with E-state index in [0.29, 0.717) is 28.2 Å². The molecule has 0 aliphatic carbocycles. The van der Waals surface area contributed by atoms with Crippen molar-refractivity contribution in [2.75, 3.05) is 5.32 Å². The van der Waals surface area contributed by atoms with E-state index in [1.165, 1.54) is 4.57 Å². The van der Waals surface area contributed by atoms with Gasteiger partial charge in [0.25, 0.3) is 5.56 Å². The van der Waals surface area contributed by atoms with Gasteiger partial charge in [0.15, 0.2) is 5.65 Å². The first kappa shape index (κ1) is 17.8. The number of nitrogens with zero attached hydrogens (tertiary/aromatic N) is 3. The maximum absolute atomic E-state index is 12.9. The summed E-state index contributed by atoms with van der Waals surface area (Å²) in [6.45, 7) is 5.77. The number of carbonyl (C=O) groups is 1. The van der Waals surface area contributed by atoms with Crippen LogP contribution in [0.15, 0.2) is 47.4 Å². The van der Waals surface area contributed by atoms with Gasteiger partial charge < -0.3 is 5.32 Å². The van der Waals surface area contributed by atoms with Crippen molar-refractivity contribution in [1.29, 1.82) is 0 Å². The van der Waals surface area contributed by atoms with E-state index < -0.39 is 0 Å². The van der Waals surface area contributed by atoms with Crippen molar-refractivity contribution in [3.63, 3.8) is 0 Å². The highest BCUT2D eigenvalue weighted by atomic mass is 16.2. The largest absolute Gasteiger partial charge is 0.326 e. The van der Waals surface area contributed by atoms with E-state index in [9.17, 15) is 9.59 Å². The fraction of sp³-hybridized carbons (Fsp3) is 0.300. The minimum Gasteiger partial charge on any atom is -0.326 e. The first-order valence-electron chi connectivity index (χ1n) is 8.80. The van der Waals surface area contributed by atoms with Crippen LogP contribution in [0.4, 0.5) is 5.69 Å². The number of aromatic nitrogens is 3. The molecule has 0 saturated heterocycles. The molecule has 134 valence electrons. The van der Waals surface area contributed by atoms with Crippen LogP contribution in [0.1, 0.15) is 32.5 Å². The fourth-order valence-corrected chi connectivity index (χ4v) is 3.05. The molecule has 0 fully saturated rings. The van der Waals surface area contributed by atoms with E-state index in [1.807, 2.05) is 32.0 Å². The zero-order chi connectivity index (χ0) is 18.7. The van der Waals surface area contributed by atoms with Crippen LogP contribution >= 0.6 is 0 Å². The van der Waals surface area contributed by atoms with Crippen LogP contribution in [0.25, 0.3) is 16.7 Å². The number of pyridine rings is 1. The van der Waals surface area contributed by atoms with Crippen LogP contribution < -0.4 is 10.9 Å². The lowest BCUT2D eigenvalue weighted by atomic mass is 10.0. The van der Waals surface area contributed by atoms with Gasteiger partial charge in [-0.15, -0.1) is 0 Å². The summed E-state index contributed by atoms with van der Waals surface area (Å²) in [5.74, 6) is 0.526. The molecule has 0 bridgehead atoms. The van der Waals surface area contributed by atoms with E-state index >= 15 is 0 Å². The number of rotatable bonds is 5. The Kier molecular flexibility index (Phi) is 5.11. The molecule has 1 aromatic carbocycles. The smallest absolute Gasteiger partial charge is 0.267 e. The monoisotopic (exact) mass is 350 g/mol. The van der Waals surface area contributed by atoms with Gasteiger partial charge in [0.2, 0.25) is 5.91 Å². The molecule has 6 nitrogen and oxygen atoms in total. The van der Waals surface area contributed by atoms with E-state index in [4.69, 9.17) is 0 Å². The zero-order valence-electron chi connectivity index (χ0n) is 15.2. The number of anilines is 1. The van der Waals surface area contributed by atoms with Gasteiger partial charge in [-0.1, -0.05) is 19.9 Å². The average Bonchev–Trinajstić information content (AvgIpc) is 2.63. The molecule has 0 saturated carbocycles. The van der Waals surface area contributed by atoms with Gasteiger partial charge in [-0.25, -0.2) is 9.97 Å². The summed E-state index contributed by atoms with van der Waals surface area (Å²) in [4.78, 5) is 33.8. The third-order valence-corrected chi connectivity index (χ3v) is 4.54. The number of hydrogen-bond donors (Lipinski definition) is 1. The second-order valence-corrected chi connectivity index (χ2v) is 6.23. The van der Waals surface area contributed by atoms with Crippen LogP contribution in [-0.4, -0.2) is 20.4 Å². The summed E-state index contributed by atoms with van der Waals surface area (Å²) in [5.41, 5.74) is 1.58. The molecule has 3 aromatic rings. The minimum absolute atomic E-state index is 0.00273. The van der Waals surface area contributed by atoms with Crippen LogP contribution in [0.5, 0.6) is 0 Å². The molecule has 0 spiro atoms. The van der Waals surface area contributed by atoms with Crippen LogP contribution in [0.2, 0.25) is 0 Å².